The molecule has 2 aromatic rings. The van der Waals surface area contributed by atoms with E-state index in [1.807, 2.05) is 36.4 Å². The fraction of sp³-hybridized carbons (Fsp3) is 0.381. The molecule has 0 saturated carbocycles. The van der Waals surface area contributed by atoms with Crippen LogP contribution in [0.2, 0.25) is 0 Å². The third kappa shape index (κ3) is 6.34. The molecular weight excluding hydrogens is 406 g/mol. The van der Waals surface area contributed by atoms with Gasteiger partial charge in [-0.25, -0.2) is 0 Å². The summed E-state index contributed by atoms with van der Waals surface area (Å²) in [4.78, 5) is 12.6. The van der Waals surface area contributed by atoms with Crippen LogP contribution >= 0.6 is 15.9 Å². The standard InChI is InChI=1S/C21H28BrN3O2/c1-14(2)12-19(21(26)24-13-23)25-20(15-4-8-17(22)9-5-15)16-6-10-18(27-3)11-7-16/h4-11,14,19-20,25H,12-13,23H2,1-3H3,(H,24,26)/t19-,20?/m0/s1. The smallest absolute Gasteiger partial charge is 0.238 e. The van der Waals surface area contributed by atoms with Crippen LogP contribution in [-0.4, -0.2) is 25.7 Å². The lowest BCUT2D eigenvalue weighted by atomic mass is 9.95. The third-order valence-corrected chi connectivity index (χ3v) is 4.85. The van der Waals surface area contributed by atoms with Crippen LogP contribution < -0.4 is 21.1 Å². The Morgan fingerprint density at radius 2 is 1.63 bits per heavy atom. The minimum Gasteiger partial charge on any atom is -0.497 e. The molecular formula is C21H28BrN3O2. The first-order valence-electron chi connectivity index (χ1n) is 9.07. The van der Waals surface area contributed by atoms with Crippen LogP contribution in [0.5, 0.6) is 5.75 Å². The molecule has 0 aromatic heterocycles. The fourth-order valence-corrected chi connectivity index (χ4v) is 3.25. The van der Waals surface area contributed by atoms with E-state index in [4.69, 9.17) is 10.5 Å². The van der Waals surface area contributed by atoms with E-state index < -0.39 is 0 Å². The van der Waals surface area contributed by atoms with Gasteiger partial charge in [-0.1, -0.05) is 54.0 Å². The highest BCUT2D eigenvalue weighted by molar-refractivity contribution is 9.10. The van der Waals surface area contributed by atoms with Crippen molar-refractivity contribution in [1.82, 2.24) is 10.6 Å². The number of rotatable bonds is 9. The number of hydrogen-bond acceptors (Lipinski definition) is 4. The summed E-state index contributed by atoms with van der Waals surface area (Å²) in [6.07, 6.45) is 0.717. The second-order valence-corrected chi connectivity index (χ2v) is 7.77. The Hall–Kier alpha value is -1.89. The maximum absolute atomic E-state index is 12.6. The average Bonchev–Trinajstić information content (AvgIpc) is 2.66. The van der Waals surface area contributed by atoms with Gasteiger partial charge in [0.25, 0.3) is 0 Å². The molecule has 0 aliphatic rings. The predicted octanol–water partition coefficient (Wildman–Crippen LogP) is 3.58. The van der Waals surface area contributed by atoms with Crippen molar-refractivity contribution in [3.05, 3.63) is 64.1 Å². The number of ether oxygens (including phenoxy) is 1. The quantitative estimate of drug-likeness (QED) is 0.528. The van der Waals surface area contributed by atoms with E-state index >= 15 is 0 Å². The van der Waals surface area contributed by atoms with Gasteiger partial charge in [0.15, 0.2) is 0 Å². The van der Waals surface area contributed by atoms with Crippen LogP contribution in [0.3, 0.4) is 0 Å². The number of carbonyl (C=O) groups excluding carboxylic acids is 1. The van der Waals surface area contributed by atoms with E-state index in [1.54, 1.807) is 7.11 Å². The number of amides is 1. The second kappa shape index (κ2) is 10.4. The largest absolute Gasteiger partial charge is 0.497 e. The van der Waals surface area contributed by atoms with E-state index in [-0.39, 0.29) is 24.7 Å². The molecule has 146 valence electrons. The van der Waals surface area contributed by atoms with Crippen molar-refractivity contribution >= 4 is 21.8 Å². The minimum atomic E-state index is -0.343. The summed E-state index contributed by atoms with van der Waals surface area (Å²) in [5.41, 5.74) is 7.66. The molecule has 2 atom stereocenters. The van der Waals surface area contributed by atoms with Gasteiger partial charge < -0.3 is 15.8 Å². The number of hydrogen-bond donors (Lipinski definition) is 3. The summed E-state index contributed by atoms with van der Waals surface area (Å²) in [6.45, 7) is 4.33. The Morgan fingerprint density at radius 1 is 1.07 bits per heavy atom. The highest BCUT2D eigenvalue weighted by atomic mass is 79.9. The van der Waals surface area contributed by atoms with E-state index in [9.17, 15) is 4.79 Å². The molecule has 0 fully saturated rings. The first-order valence-corrected chi connectivity index (χ1v) is 9.87. The number of methoxy groups -OCH3 is 1. The third-order valence-electron chi connectivity index (χ3n) is 4.32. The van der Waals surface area contributed by atoms with Crippen LogP contribution in [-0.2, 0) is 4.79 Å². The average molecular weight is 434 g/mol. The van der Waals surface area contributed by atoms with Crippen LogP contribution in [0.15, 0.2) is 53.0 Å². The Kier molecular flexibility index (Phi) is 8.28. The Bertz CT molecular complexity index is 717. The van der Waals surface area contributed by atoms with Crippen molar-refractivity contribution in [3.63, 3.8) is 0 Å². The van der Waals surface area contributed by atoms with Crippen molar-refractivity contribution in [2.24, 2.45) is 11.7 Å². The van der Waals surface area contributed by atoms with E-state index in [0.29, 0.717) is 5.92 Å². The van der Waals surface area contributed by atoms with Gasteiger partial charge in [0.2, 0.25) is 5.91 Å². The molecule has 1 unspecified atom stereocenters. The van der Waals surface area contributed by atoms with Gasteiger partial charge in [-0.05, 0) is 47.7 Å². The van der Waals surface area contributed by atoms with Crippen LogP contribution in [0, 0.1) is 5.92 Å². The molecule has 0 spiro atoms. The SMILES string of the molecule is COc1ccc(C(N[C@@H](CC(C)C)C(=O)NCN)c2ccc(Br)cc2)cc1. The summed E-state index contributed by atoms with van der Waals surface area (Å²) >= 11 is 3.48. The molecule has 27 heavy (non-hydrogen) atoms. The maximum Gasteiger partial charge on any atom is 0.238 e. The Morgan fingerprint density at radius 3 is 2.11 bits per heavy atom. The number of nitrogens with two attached hydrogens (primary N) is 1. The molecule has 2 aromatic carbocycles. The van der Waals surface area contributed by atoms with Gasteiger partial charge in [-0.3, -0.25) is 10.1 Å². The highest BCUT2D eigenvalue weighted by Gasteiger charge is 2.24. The first-order chi connectivity index (χ1) is 12.9. The Balaban J connectivity index is 2.36. The lowest BCUT2D eigenvalue weighted by molar-refractivity contribution is -0.123. The van der Waals surface area contributed by atoms with Crippen LogP contribution in [0.1, 0.15) is 37.4 Å². The summed E-state index contributed by atoms with van der Waals surface area (Å²) in [5, 5.41) is 6.27. The summed E-state index contributed by atoms with van der Waals surface area (Å²) in [7, 11) is 1.65. The molecule has 0 heterocycles. The van der Waals surface area contributed by atoms with Gasteiger partial charge in [0.05, 0.1) is 25.9 Å². The lowest BCUT2D eigenvalue weighted by Crippen LogP contribution is -2.47. The maximum atomic E-state index is 12.6. The second-order valence-electron chi connectivity index (χ2n) is 6.85. The predicted molar refractivity (Wildman–Crippen MR) is 113 cm³/mol. The highest BCUT2D eigenvalue weighted by Crippen LogP contribution is 2.27. The molecule has 0 radical (unpaired) electrons. The van der Waals surface area contributed by atoms with Crippen LogP contribution in [0.4, 0.5) is 0 Å². The van der Waals surface area contributed by atoms with Crippen molar-refractivity contribution in [2.45, 2.75) is 32.4 Å². The molecule has 4 N–H and O–H groups in total. The molecule has 6 heteroatoms. The van der Waals surface area contributed by atoms with Crippen molar-refractivity contribution in [1.29, 1.82) is 0 Å². The summed E-state index contributed by atoms with van der Waals surface area (Å²) < 4.78 is 6.28. The summed E-state index contributed by atoms with van der Waals surface area (Å²) in [6, 6.07) is 15.5. The fourth-order valence-electron chi connectivity index (χ4n) is 2.98. The number of halogens is 1. The first kappa shape index (κ1) is 21.4. The van der Waals surface area contributed by atoms with Gasteiger partial charge in [0, 0.05) is 4.47 Å². The summed E-state index contributed by atoms with van der Waals surface area (Å²) in [5.74, 6) is 1.09. The van der Waals surface area contributed by atoms with E-state index in [1.165, 1.54) is 0 Å². The van der Waals surface area contributed by atoms with Crippen molar-refractivity contribution in [3.8, 4) is 5.75 Å². The topological polar surface area (TPSA) is 76.4 Å². The van der Waals surface area contributed by atoms with Crippen molar-refractivity contribution < 1.29 is 9.53 Å². The zero-order valence-corrected chi connectivity index (χ0v) is 17.6. The number of carbonyl (C=O) groups is 1. The van der Waals surface area contributed by atoms with Crippen molar-refractivity contribution in [2.75, 3.05) is 13.8 Å². The van der Waals surface area contributed by atoms with Gasteiger partial charge >= 0.3 is 0 Å². The van der Waals surface area contributed by atoms with E-state index in [2.05, 4.69) is 52.5 Å². The lowest BCUT2D eigenvalue weighted by Gasteiger charge is -2.27. The molecule has 0 saturated heterocycles. The zero-order valence-electron chi connectivity index (χ0n) is 16.0. The molecule has 5 nitrogen and oxygen atoms in total. The van der Waals surface area contributed by atoms with E-state index in [0.717, 1.165) is 27.8 Å². The molecule has 1 amide bonds. The van der Waals surface area contributed by atoms with Crippen LogP contribution in [0.25, 0.3) is 0 Å². The van der Waals surface area contributed by atoms with Gasteiger partial charge in [0.1, 0.15) is 5.75 Å². The number of nitrogens with one attached hydrogen (secondary N) is 2. The molecule has 0 aliphatic heterocycles. The van der Waals surface area contributed by atoms with Gasteiger partial charge in [-0.2, -0.15) is 0 Å². The molecule has 0 aliphatic carbocycles. The Labute approximate surface area is 169 Å². The normalized spacial score (nSPS) is 13.3. The molecule has 0 bridgehead atoms. The molecule has 2 rings (SSSR count). The van der Waals surface area contributed by atoms with Gasteiger partial charge in [-0.15, -0.1) is 0 Å². The minimum absolute atomic E-state index is 0.0816. The zero-order chi connectivity index (χ0) is 19.8. The number of benzene rings is 2. The monoisotopic (exact) mass is 433 g/mol.